The second-order valence-electron chi connectivity index (χ2n) is 9.09. The lowest BCUT2D eigenvalue weighted by molar-refractivity contribution is -0.142. The van der Waals surface area contributed by atoms with E-state index >= 15 is 0 Å². The maximum absolute atomic E-state index is 14.1. The number of hydrogen-bond acceptors (Lipinski definition) is 3. The molecular weight excluding hydrogens is 425 g/mol. The van der Waals surface area contributed by atoms with E-state index in [-0.39, 0.29) is 18.4 Å². The van der Waals surface area contributed by atoms with E-state index in [0.29, 0.717) is 29.3 Å². The summed E-state index contributed by atoms with van der Waals surface area (Å²) in [5.74, 6) is 0.873. The number of benzene rings is 2. The molecule has 3 aliphatic heterocycles. The monoisotopic (exact) mass is 452 g/mol. The summed E-state index contributed by atoms with van der Waals surface area (Å²) in [7, 11) is 0. The van der Waals surface area contributed by atoms with Crippen LogP contribution in [0.25, 0.3) is 10.9 Å². The molecule has 6 heteroatoms. The second kappa shape index (κ2) is 8.82. The van der Waals surface area contributed by atoms with Gasteiger partial charge in [0.1, 0.15) is 6.61 Å². The lowest BCUT2D eigenvalue weighted by Gasteiger charge is -2.49. The van der Waals surface area contributed by atoms with E-state index in [4.69, 9.17) is 4.74 Å². The van der Waals surface area contributed by atoms with E-state index in [2.05, 4.69) is 16.5 Å². The Balaban J connectivity index is 1.57. The van der Waals surface area contributed by atoms with E-state index < -0.39 is 11.9 Å². The summed E-state index contributed by atoms with van der Waals surface area (Å²) >= 11 is 0. The Morgan fingerprint density at radius 3 is 2.55 bits per heavy atom. The predicted octanol–water partition coefficient (Wildman–Crippen LogP) is 6.27. The molecule has 172 valence electrons. The summed E-state index contributed by atoms with van der Waals surface area (Å²) in [6.07, 6.45) is 0.0223. The molecule has 4 heterocycles. The molecule has 0 spiro atoms. The quantitative estimate of drug-likeness (QED) is 0.412. The van der Waals surface area contributed by atoms with Gasteiger partial charge in [-0.2, -0.15) is 13.2 Å². The van der Waals surface area contributed by atoms with Gasteiger partial charge in [-0.15, -0.1) is 6.58 Å². The van der Waals surface area contributed by atoms with Gasteiger partial charge in [0, 0.05) is 23.5 Å². The maximum Gasteiger partial charge on any atom is 0.437 e. The molecule has 0 amide bonds. The van der Waals surface area contributed by atoms with Crippen LogP contribution in [0.2, 0.25) is 0 Å². The number of rotatable bonds is 6. The molecule has 3 fully saturated rings. The number of fused-ring (bicyclic) bond motifs is 4. The smallest absolute Gasteiger partial charge is 0.437 e. The largest absolute Gasteiger partial charge is 0.486 e. The summed E-state index contributed by atoms with van der Waals surface area (Å²) < 4.78 is 48.4. The number of ether oxygens (including phenoxy) is 1. The van der Waals surface area contributed by atoms with Gasteiger partial charge in [0.05, 0.1) is 5.52 Å². The highest BCUT2D eigenvalue weighted by Crippen LogP contribution is 2.43. The first-order valence-corrected chi connectivity index (χ1v) is 11.5. The number of para-hydroxylation sites is 1. The third-order valence-electron chi connectivity index (χ3n) is 7.12. The van der Waals surface area contributed by atoms with Gasteiger partial charge < -0.3 is 4.74 Å². The van der Waals surface area contributed by atoms with Crippen LogP contribution in [0.15, 0.2) is 67.3 Å². The Bertz CT molecular complexity index is 1150. The number of alkyl halides is 3. The van der Waals surface area contributed by atoms with Crippen LogP contribution in [-0.4, -0.2) is 29.0 Å². The molecular formula is C27H27F3N2O. The van der Waals surface area contributed by atoms with Crippen molar-refractivity contribution in [3.05, 3.63) is 84.1 Å². The minimum Gasteiger partial charge on any atom is -0.486 e. The zero-order valence-corrected chi connectivity index (χ0v) is 18.4. The van der Waals surface area contributed by atoms with Gasteiger partial charge in [0.2, 0.25) is 0 Å². The summed E-state index contributed by atoms with van der Waals surface area (Å²) in [5, 5.41) is 0.733. The minimum atomic E-state index is -4.61. The van der Waals surface area contributed by atoms with Crippen LogP contribution in [0.3, 0.4) is 0 Å². The molecule has 6 rings (SSSR count). The zero-order chi connectivity index (χ0) is 23.0. The number of aromatic nitrogens is 1. The summed E-state index contributed by atoms with van der Waals surface area (Å²) in [5.41, 5.74) is 0.842. The van der Waals surface area contributed by atoms with Gasteiger partial charge >= 0.3 is 6.18 Å². The molecule has 2 aromatic carbocycles. The van der Waals surface area contributed by atoms with Crippen molar-refractivity contribution in [1.29, 1.82) is 0 Å². The highest BCUT2D eigenvalue weighted by atomic mass is 19.4. The van der Waals surface area contributed by atoms with Crippen molar-refractivity contribution in [2.24, 2.45) is 11.8 Å². The third kappa shape index (κ3) is 4.36. The molecule has 3 aromatic rings. The molecule has 0 N–H and O–H groups in total. The molecule has 1 unspecified atom stereocenters. The number of piperidine rings is 3. The normalized spacial score (nSPS) is 24.7. The van der Waals surface area contributed by atoms with Crippen molar-refractivity contribution in [2.45, 2.75) is 38.1 Å². The van der Waals surface area contributed by atoms with Gasteiger partial charge in [-0.3, -0.25) is 4.90 Å². The first kappa shape index (κ1) is 22.0. The zero-order valence-electron chi connectivity index (χ0n) is 18.4. The molecule has 0 aliphatic carbocycles. The fraction of sp³-hybridized carbons (Fsp3) is 0.370. The molecule has 3 saturated heterocycles. The Morgan fingerprint density at radius 1 is 1.09 bits per heavy atom. The van der Waals surface area contributed by atoms with Crippen molar-refractivity contribution in [1.82, 2.24) is 9.88 Å². The van der Waals surface area contributed by atoms with Gasteiger partial charge in [-0.25, -0.2) is 4.98 Å². The van der Waals surface area contributed by atoms with Crippen molar-refractivity contribution in [2.75, 3.05) is 13.1 Å². The fourth-order valence-electron chi connectivity index (χ4n) is 5.44. The van der Waals surface area contributed by atoms with E-state index in [0.717, 1.165) is 36.9 Å². The molecule has 33 heavy (non-hydrogen) atoms. The van der Waals surface area contributed by atoms with Crippen LogP contribution in [0.4, 0.5) is 13.2 Å². The summed E-state index contributed by atoms with van der Waals surface area (Å²) in [6, 6.07) is 16.5. The highest BCUT2D eigenvalue weighted by Gasteiger charge is 2.42. The number of pyridine rings is 1. The van der Waals surface area contributed by atoms with Crippen LogP contribution in [0, 0.1) is 11.8 Å². The van der Waals surface area contributed by atoms with Crippen molar-refractivity contribution in [3.8, 4) is 5.75 Å². The first-order valence-electron chi connectivity index (χ1n) is 11.5. The SMILES string of the molecule is C=C[C@H]1CN2CC[C@@H]1C[C@@H]2Cc1c(OCc2ccccc2)c(C(F)(F)F)nc2ccccc12. The molecule has 3 nitrogen and oxygen atoms in total. The first-order chi connectivity index (χ1) is 15.9. The maximum atomic E-state index is 14.1. The van der Waals surface area contributed by atoms with E-state index in [1.165, 1.54) is 0 Å². The van der Waals surface area contributed by atoms with Gasteiger partial charge in [0.15, 0.2) is 11.4 Å². The van der Waals surface area contributed by atoms with E-state index in [9.17, 15) is 13.2 Å². The molecule has 1 aromatic heterocycles. The Hall–Kier alpha value is -2.86. The van der Waals surface area contributed by atoms with Crippen LogP contribution in [0.5, 0.6) is 5.75 Å². The van der Waals surface area contributed by atoms with Crippen molar-refractivity contribution in [3.63, 3.8) is 0 Å². The summed E-state index contributed by atoms with van der Waals surface area (Å²) in [4.78, 5) is 6.42. The molecule has 4 atom stereocenters. The average Bonchev–Trinajstić information content (AvgIpc) is 2.83. The van der Waals surface area contributed by atoms with E-state index in [1.54, 1.807) is 12.1 Å². The minimum absolute atomic E-state index is 0.0620. The van der Waals surface area contributed by atoms with Gasteiger partial charge in [-0.05, 0) is 49.3 Å². The molecule has 3 aliphatic rings. The Kier molecular flexibility index (Phi) is 5.87. The lowest BCUT2D eigenvalue weighted by atomic mass is 9.74. The second-order valence-corrected chi connectivity index (χ2v) is 9.09. The van der Waals surface area contributed by atoms with Crippen molar-refractivity contribution < 1.29 is 17.9 Å². The fourth-order valence-corrected chi connectivity index (χ4v) is 5.44. The molecule has 0 radical (unpaired) electrons. The number of hydrogen-bond donors (Lipinski definition) is 0. The highest BCUT2D eigenvalue weighted by molar-refractivity contribution is 5.85. The topological polar surface area (TPSA) is 25.4 Å². The number of nitrogens with zero attached hydrogens (tertiary/aromatic N) is 2. The summed E-state index contributed by atoms with van der Waals surface area (Å²) in [6.45, 7) is 5.95. The van der Waals surface area contributed by atoms with Crippen LogP contribution in [-0.2, 0) is 19.2 Å². The van der Waals surface area contributed by atoms with Crippen LogP contribution >= 0.6 is 0 Å². The van der Waals surface area contributed by atoms with Crippen LogP contribution in [0.1, 0.15) is 29.7 Å². The standard InChI is InChI=1S/C27H27F3N2O/c1-2-19-16-32-13-12-20(19)14-21(32)15-23-22-10-6-7-11-24(22)31-26(27(28,29)30)25(23)33-17-18-8-4-3-5-9-18/h2-11,19-21H,1,12-17H2/t19-,20+,21+/m0/s1. The molecule has 2 bridgehead atoms. The number of halogens is 3. The van der Waals surface area contributed by atoms with Gasteiger partial charge in [-0.1, -0.05) is 54.6 Å². The lowest BCUT2D eigenvalue weighted by Crippen LogP contribution is -2.53. The third-order valence-corrected chi connectivity index (χ3v) is 7.12. The van der Waals surface area contributed by atoms with E-state index in [1.807, 2.05) is 48.5 Å². The van der Waals surface area contributed by atoms with Crippen molar-refractivity contribution >= 4 is 10.9 Å². The average molecular weight is 453 g/mol. The predicted molar refractivity (Wildman–Crippen MR) is 123 cm³/mol. The Morgan fingerprint density at radius 2 is 1.85 bits per heavy atom. The van der Waals surface area contributed by atoms with Gasteiger partial charge in [0.25, 0.3) is 0 Å². The molecule has 0 saturated carbocycles. The Labute approximate surface area is 191 Å². The van der Waals surface area contributed by atoms with Crippen LogP contribution < -0.4 is 4.74 Å².